The summed E-state index contributed by atoms with van der Waals surface area (Å²) in [6, 6.07) is -0.295. The van der Waals surface area contributed by atoms with Crippen LogP contribution in [0.25, 0.3) is 0 Å². The smallest absolute Gasteiger partial charge is 0.243 e. The van der Waals surface area contributed by atoms with E-state index in [2.05, 4.69) is 5.32 Å². The predicted molar refractivity (Wildman–Crippen MR) is 81.5 cm³/mol. The molecule has 1 heterocycles. The predicted octanol–water partition coefficient (Wildman–Crippen LogP) is 1.48. The Hall–Kier alpha value is -0.750. The van der Waals surface area contributed by atoms with Crippen molar-refractivity contribution in [3.8, 4) is 0 Å². The molecule has 0 saturated carbocycles. The number of carbonyl (C=O) groups is 2. The number of amides is 2. The van der Waals surface area contributed by atoms with Crippen molar-refractivity contribution in [2.75, 3.05) is 25.3 Å². The van der Waals surface area contributed by atoms with Gasteiger partial charge < -0.3 is 15.0 Å². The van der Waals surface area contributed by atoms with Crippen molar-refractivity contribution in [2.24, 2.45) is 5.41 Å². The van der Waals surface area contributed by atoms with E-state index in [4.69, 9.17) is 4.74 Å². The molecule has 0 aromatic rings. The molecule has 0 spiro atoms. The molecule has 1 aliphatic rings. The molecular weight excluding hydrogens is 276 g/mol. The molecule has 5 nitrogen and oxygen atoms in total. The summed E-state index contributed by atoms with van der Waals surface area (Å²) >= 11 is 1.63. The number of nitrogens with zero attached hydrogens (tertiary/aromatic N) is 1. The van der Waals surface area contributed by atoms with Crippen LogP contribution in [0.3, 0.4) is 0 Å². The Labute approximate surface area is 125 Å². The zero-order chi connectivity index (χ0) is 15.3. The van der Waals surface area contributed by atoms with Gasteiger partial charge in [0.15, 0.2) is 0 Å². The van der Waals surface area contributed by atoms with E-state index in [1.165, 1.54) is 0 Å². The molecule has 0 aliphatic carbocycles. The van der Waals surface area contributed by atoms with Crippen LogP contribution in [-0.4, -0.2) is 54.1 Å². The monoisotopic (exact) mass is 302 g/mol. The van der Waals surface area contributed by atoms with Crippen molar-refractivity contribution >= 4 is 23.6 Å². The van der Waals surface area contributed by atoms with Crippen molar-refractivity contribution in [1.29, 1.82) is 0 Å². The Morgan fingerprint density at radius 3 is 2.65 bits per heavy atom. The summed E-state index contributed by atoms with van der Waals surface area (Å²) in [5.41, 5.74) is -0.453. The van der Waals surface area contributed by atoms with Gasteiger partial charge in [-0.3, -0.25) is 9.59 Å². The van der Waals surface area contributed by atoms with Crippen molar-refractivity contribution in [3.05, 3.63) is 0 Å². The Bertz CT molecular complexity index is 355. The second-order valence-corrected chi connectivity index (χ2v) is 7.23. The number of carbonyl (C=O) groups excluding carboxylic acids is 2. The molecule has 6 heteroatoms. The largest absolute Gasteiger partial charge is 0.385 e. The van der Waals surface area contributed by atoms with Gasteiger partial charge in [-0.25, -0.2) is 0 Å². The summed E-state index contributed by atoms with van der Waals surface area (Å²) in [6.45, 7) is 8.22. The van der Waals surface area contributed by atoms with Crippen LogP contribution in [0.4, 0.5) is 0 Å². The van der Waals surface area contributed by atoms with E-state index in [9.17, 15) is 9.59 Å². The molecule has 1 saturated heterocycles. The number of nitrogens with one attached hydrogen (secondary N) is 1. The minimum Gasteiger partial charge on any atom is -0.385 e. The van der Waals surface area contributed by atoms with E-state index < -0.39 is 5.41 Å². The summed E-state index contributed by atoms with van der Waals surface area (Å²) in [5.74, 6) is 1.24. The highest BCUT2D eigenvalue weighted by Gasteiger charge is 2.39. The van der Waals surface area contributed by atoms with Crippen LogP contribution in [0.1, 0.15) is 34.1 Å². The number of hydrogen-bond donors (Lipinski definition) is 1. The minimum atomic E-state index is -0.453. The van der Waals surface area contributed by atoms with Gasteiger partial charge in [-0.15, -0.1) is 11.8 Å². The second-order valence-electron chi connectivity index (χ2n) is 6.23. The molecule has 2 atom stereocenters. The highest BCUT2D eigenvalue weighted by atomic mass is 32.2. The Morgan fingerprint density at radius 1 is 1.45 bits per heavy atom. The average molecular weight is 302 g/mol. The molecular formula is C14H26N2O3S. The third-order valence-electron chi connectivity index (χ3n) is 3.23. The second kappa shape index (κ2) is 7.31. The van der Waals surface area contributed by atoms with Crippen LogP contribution in [0, 0.1) is 5.41 Å². The van der Waals surface area contributed by atoms with Gasteiger partial charge in [0.25, 0.3) is 0 Å². The van der Waals surface area contributed by atoms with E-state index in [1.807, 2.05) is 27.7 Å². The third kappa shape index (κ3) is 4.66. The molecule has 1 fully saturated rings. The maximum absolute atomic E-state index is 12.4. The number of thioether (sulfide) groups is 1. The molecule has 2 unspecified atom stereocenters. The lowest BCUT2D eigenvalue weighted by molar-refractivity contribution is -0.144. The quantitative estimate of drug-likeness (QED) is 0.835. The molecule has 0 aromatic heterocycles. The van der Waals surface area contributed by atoms with Gasteiger partial charge in [0.2, 0.25) is 11.8 Å². The molecule has 0 aromatic carbocycles. The van der Waals surface area contributed by atoms with E-state index >= 15 is 0 Å². The lowest BCUT2D eigenvalue weighted by Gasteiger charge is -2.30. The van der Waals surface area contributed by atoms with E-state index in [1.54, 1.807) is 23.8 Å². The lowest BCUT2D eigenvalue weighted by Crippen LogP contribution is -2.52. The number of methoxy groups -OCH3 is 1. The van der Waals surface area contributed by atoms with E-state index in [-0.39, 0.29) is 23.9 Å². The van der Waals surface area contributed by atoms with Crippen LogP contribution >= 0.6 is 11.8 Å². The number of hydrogen-bond acceptors (Lipinski definition) is 4. The average Bonchev–Trinajstić information content (AvgIpc) is 2.83. The fourth-order valence-corrected chi connectivity index (χ4v) is 3.15. The van der Waals surface area contributed by atoms with E-state index in [0.29, 0.717) is 18.2 Å². The van der Waals surface area contributed by atoms with Crippen molar-refractivity contribution in [3.63, 3.8) is 0 Å². The van der Waals surface area contributed by atoms with Crippen LogP contribution in [0.15, 0.2) is 0 Å². The maximum Gasteiger partial charge on any atom is 0.243 e. The highest BCUT2D eigenvalue weighted by molar-refractivity contribution is 7.99. The van der Waals surface area contributed by atoms with Crippen molar-refractivity contribution in [1.82, 2.24) is 10.2 Å². The summed E-state index contributed by atoms with van der Waals surface area (Å²) in [4.78, 5) is 26.4. The molecule has 0 radical (unpaired) electrons. The molecule has 1 aliphatic heterocycles. The molecule has 116 valence electrons. The Balaban J connectivity index is 2.60. The van der Waals surface area contributed by atoms with Crippen LogP contribution in [0.2, 0.25) is 0 Å². The SMILES string of the molecule is COCCC(C)NC(=O)C1CSCN1C(=O)C(C)(C)C. The first-order valence-electron chi connectivity index (χ1n) is 6.95. The van der Waals surface area contributed by atoms with Crippen LogP contribution < -0.4 is 5.32 Å². The maximum atomic E-state index is 12.4. The topological polar surface area (TPSA) is 58.6 Å². The Kier molecular flexibility index (Phi) is 6.33. The molecule has 1 rings (SSSR count). The third-order valence-corrected chi connectivity index (χ3v) is 4.24. The van der Waals surface area contributed by atoms with Gasteiger partial charge in [-0.1, -0.05) is 20.8 Å². The van der Waals surface area contributed by atoms with Gasteiger partial charge in [0, 0.05) is 30.9 Å². The first-order chi connectivity index (χ1) is 9.27. The Morgan fingerprint density at radius 2 is 2.10 bits per heavy atom. The lowest BCUT2D eigenvalue weighted by atomic mass is 9.94. The summed E-state index contributed by atoms with van der Waals surface area (Å²) in [6.07, 6.45) is 0.773. The van der Waals surface area contributed by atoms with Crippen LogP contribution in [-0.2, 0) is 14.3 Å². The normalized spacial score (nSPS) is 20.9. The van der Waals surface area contributed by atoms with Gasteiger partial charge in [0.1, 0.15) is 6.04 Å². The first-order valence-corrected chi connectivity index (χ1v) is 8.11. The molecule has 1 N–H and O–H groups in total. The zero-order valence-electron chi connectivity index (χ0n) is 13.1. The number of ether oxygens (including phenoxy) is 1. The standard InChI is InChI=1S/C14H26N2O3S/c1-10(6-7-19-5)15-12(17)11-8-20-9-16(11)13(18)14(2,3)4/h10-11H,6-9H2,1-5H3,(H,15,17). The summed E-state index contributed by atoms with van der Waals surface area (Å²) in [5, 5.41) is 2.97. The van der Waals surface area contributed by atoms with E-state index in [0.717, 1.165) is 6.42 Å². The van der Waals surface area contributed by atoms with Crippen molar-refractivity contribution in [2.45, 2.75) is 46.2 Å². The summed E-state index contributed by atoms with van der Waals surface area (Å²) in [7, 11) is 1.64. The molecule has 0 bridgehead atoms. The molecule has 2 amide bonds. The fourth-order valence-electron chi connectivity index (χ4n) is 2.00. The highest BCUT2D eigenvalue weighted by Crippen LogP contribution is 2.27. The number of rotatable bonds is 5. The fraction of sp³-hybridized carbons (Fsp3) is 0.857. The molecule has 20 heavy (non-hydrogen) atoms. The first kappa shape index (κ1) is 17.3. The van der Waals surface area contributed by atoms with Gasteiger partial charge >= 0.3 is 0 Å². The van der Waals surface area contributed by atoms with Gasteiger partial charge in [-0.05, 0) is 13.3 Å². The van der Waals surface area contributed by atoms with Crippen molar-refractivity contribution < 1.29 is 14.3 Å². The van der Waals surface area contributed by atoms with Crippen LogP contribution in [0.5, 0.6) is 0 Å². The zero-order valence-corrected chi connectivity index (χ0v) is 13.9. The summed E-state index contributed by atoms with van der Waals surface area (Å²) < 4.78 is 5.00. The van der Waals surface area contributed by atoms with Gasteiger partial charge in [0.05, 0.1) is 5.88 Å². The van der Waals surface area contributed by atoms with Gasteiger partial charge in [-0.2, -0.15) is 0 Å². The minimum absolute atomic E-state index is 0.0344.